The predicted molar refractivity (Wildman–Crippen MR) is 249 cm³/mol. The van der Waals surface area contributed by atoms with Crippen LogP contribution in [-0.2, 0) is 31.0 Å². The lowest BCUT2D eigenvalue weighted by Crippen LogP contribution is -2.56. The van der Waals surface area contributed by atoms with Crippen LogP contribution in [0.5, 0.6) is 11.5 Å². The van der Waals surface area contributed by atoms with Gasteiger partial charge in [0.2, 0.25) is 29.6 Å². The summed E-state index contributed by atoms with van der Waals surface area (Å²) in [4.78, 5) is 93.8. The van der Waals surface area contributed by atoms with E-state index in [2.05, 4.69) is 31.2 Å². The Kier molecular flexibility index (Phi) is 16.9. The van der Waals surface area contributed by atoms with Crippen LogP contribution in [0.3, 0.4) is 0 Å². The number of carbonyl (C=O) groups is 5. The normalized spacial score (nSPS) is 16.6. The van der Waals surface area contributed by atoms with Crippen molar-refractivity contribution < 1.29 is 33.4 Å². The molecule has 20 heteroatoms. The first kappa shape index (κ1) is 50.8. The van der Waals surface area contributed by atoms with E-state index in [1.165, 1.54) is 24.6 Å². The van der Waals surface area contributed by atoms with Crippen LogP contribution in [0.1, 0.15) is 78.6 Å². The zero-order chi connectivity index (χ0) is 49.2. The Balaban J connectivity index is 1.58. The molecule has 0 spiro atoms. The van der Waals surface area contributed by atoms with Gasteiger partial charge in [0.15, 0.2) is 0 Å². The van der Waals surface area contributed by atoms with Gasteiger partial charge in [0.1, 0.15) is 55.4 Å². The predicted octanol–water partition coefficient (Wildman–Crippen LogP) is 0.716. The van der Waals surface area contributed by atoms with Crippen LogP contribution in [0.4, 0.5) is 0 Å². The lowest BCUT2D eigenvalue weighted by Gasteiger charge is -2.32. The molecule has 4 atom stereocenters. The van der Waals surface area contributed by atoms with Crippen molar-refractivity contribution >= 4 is 29.5 Å². The molecular formula is C47H60N12O8. The van der Waals surface area contributed by atoms with E-state index < -0.39 is 53.7 Å². The number of nitrogens with one attached hydrogen (secondary N) is 4. The molecule has 67 heavy (non-hydrogen) atoms. The topological polar surface area (TPSA) is 305 Å². The number of hydrogen-bond donors (Lipinski definition) is 7. The molecular weight excluding hydrogens is 861 g/mol. The van der Waals surface area contributed by atoms with Gasteiger partial charge in [0.05, 0.1) is 23.0 Å². The van der Waals surface area contributed by atoms with E-state index in [1.807, 2.05) is 32.9 Å². The molecule has 0 saturated carbocycles. The van der Waals surface area contributed by atoms with Gasteiger partial charge < -0.3 is 52.8 Å². The fraction of sp³-hybridized carbons (Fsp3) is 0.426. The molecule has 2 aromatic carbocycles. The Hall–Kier alpha value is -7.21. The molecule has 0 radical (unpaired) electrons. The van der Waals surface area contributed by atoms with Gasteiger partial charge in [-0.15, -0.1) is 0 Å². The average Bonchev–Trinajstić information content (AvgIpc) is 3.28. The monoisotopic (exact) mass is 920 g/mol. The third kappa shape index (κ3) is 12.2. The molecule has 20 nitrogen and oxygen atoms in total. The number of aryl methyl sites for hydroxylation is 2. The summed E-state index contributed by atoms with van der Waals surface area (Å²) in [5, 5.41) is 19.8. The number of nitriles is 1. The maximum absolute atomic E-state index is 14.7. The minimum atomic E-state index is -1.44. The fourth-order valence-electron chi connectivity index (χ4n) is 7.61. The molecule has 0 fully saturated rings. The summed E-state index contributed by atoms with van der Waals surface area (Å²) < 4.78 is 13.5. The number of aromatic nitrogens is 3. The molecule has 5 amide bonds. The lowest BCUT2D eigenvalue weighted by atomic mass is 9.88. The molecule has 5 rings (SSSR count). The van der Waals surface area contributed by atoms with Crippen molar-refractivity contribution in [3.63, 3.8) is 0 Å². The molecule has 1 aliphatic rings. The van der Waals surface area contributed by atoms with Crippen LogP contribution in [0, 0.1) is 25.2 Å². The number of rotatable bonds is 15. The van der Waals surface area contributed by atoms with Crippen LogP contribution < -0.4 is 53.5 Å². The Morgan fingerprint density at radius 1 is 0.910 bits per heavy atom. The highest BCUT2D eigenvalue weighted by Gasteiger charge is 2.36. The summed E-state index contributed by atoms with van der Waals surface area (Å²) in [6.45, 7) is 10.8. The SMILES string of the molecule is Cc1nc(-n2ccc(C(C)(C)C)cc2=O)nc(C)c1C(=O)NC(CCN)C(=O)N(C)C1C(=O)NC(C)C(=O)NC(C(=O)NCC#N)Cc2ccc(OCCN)c(c2)-c2cc1ccc2OCCN. The molecule has 4 bridgehead atoms. The van der Waals surface area contributed by atoms with Crippen molar-refractivity contribution in [3.05, 3.63) is 98.7 Å². The largest absolute Gasteiger partial charge is 0.492 e. The molecule has 2 aromatic heterocycles. The van der Waals surface area contributed by atoms with Crippen molar-refractivity contribution in [1.29, 1.82) is 5.26 Å². The number of likely N-dealkylation sites (N-methyl/N-ethyl adjacent to an activating group) is 1. The fourth-order valence-corrected chi connectivity index (χ4v) is 7.61. The molecule has 4 aromatic rings. The van der Waals surface area contributed by atoms with Gasteiger partial charge in [0.25, 0.3) is 11.5 Å². The Morgan fingerprint density at radius 2 is 1.54 bits per heavy atom. The van der Waals surface area contributed by atoms with Gasteiger partial charge in [-0.1, -0.05) is 32.9 Å². The highest BCUT2D eigenvalue weighted by atomic mass is 16.5. The second-order valence-electron chi connectivity index (χ2n) is 17.1. The van der Waals surface area contributed by atoms with Crippen molar-refractivity contribution in [2.75, 3.05) is 46.4 Å². The Bertz CT molecular complexity index is 2580. The Morgan fingerprint density at radius 3 is 2.12 bits per heavy atom. The van der Waals surface area contributed by atoms with Gasteiger partial charge in [-0.25, -0.2) is 9.97 Å². The first-order valence-corrected chi connectivity index (χ1v) is 21.9. The Labute approximate surface area is 389 Å². The molecule has 4 unspecified atom stereocenters. The van der Waals surface area contributed by atoms with Crippen LogP contribution in [0.15, 0.2) is 59.5 Å². The first-order chi connectivity index (χ1) is 31.8. The molecule has 0 saturated heterocycles. The minimum absolute atomic E-state index is 0.0125. The van der Waals surface area contributed by atoms with E-state index in [4.69, 9.17) is 31.9 Å². The minimum Gasteiger partial charge on any atom is -0.492 e. The van der Waals surface area contributed by atoms with E-state index in [0.29, 0.717) is 28.2 Å². The van der Waals surface area contributed by atoms with Gasteiger partial charge in [0, 0.05) is 49.9 Å². The van der Waals surface area contributed by atoms with Crippen LogP contribution in [0.25, 0.3) is 17.1 Å². The number of carbonyl (C=O) groups excluding carboxylic acids is 5. The second-order valence-corrected chi connectivity index (χ2v) is 17.1. The van der Waals surface area contributed by atoms with E-state index in [0.717, 1.165) is 10.5 Å². The van der Waals surface area contributed by atoms with E-state index in [9.17, 15) is 28.8 Å². The zero-order valence-corrected chi connectivity index (χ0v) is 38.9. The van der Waals surface area contributed by atoms with Crippen molar-refractivity contribution in [2.45, 2.75) is 84.0 Å². The number of fused-ring (bicyclic) bond motifs is 5. The number of benzene rings is 2. The zero-order valence-electron chi connectivity index (χ0n) is 38.9. The summed E-state index contributed by atoms with van der Waals surface area (Å²) in [5.41, 5.74) is 20.2. The third-order valence-corrected chi connectivity index (χ3v) is 11.1. The average molecular weight is 921 g/mol. The molecule has 1 aliphatic heterocycles. The summed E-state index contributed by atoms with van der Waals surface area (Å²) in [7, 11) is 1.39. The van der Waals surface area contributed by atoms with Crippen molar-refractivity contribution in [1.82, 2.24) is 40.7 Å². The maximum Gasteiger partial charge on any atom is 0.257 e. The van der Waals surface area contributed by atoms with Crippen LogP contribution in [0.2, 0.25) is 0 Å². The standard InChI is InChI=1S/C47H60N12O8/c1-26-39(27(2)55-46(54-26)59-19-13-31(25-38(59)60)47(4,5)6)43(63)56-34(12-14-48)45(65)58(7)40-30-9-11-37(67-21-17-51)33(24-30)32-22-29(8-10-36(32)66-20-16-50)23-35(42(62)52-18-15-49)57-41(61)28(3)53-44(40)64/h8-11,13,19,22,24-25,28,34-35,40H,12,14,16-18,20-21,23,48,50-51H2,1-7H3,(H,52,62)(H,53,64)(H,56,63)(H,57,61). The lowest BCUT2D eigenvalue weighted by molar-refractivity contribution is -0.141. The number of nitrogens with zero attached hydrogens (tertiary/aromatic N) is 5. The summed E-state index contributed by atoms with van der Waals surface area (Å²) in [6, 6.07) is 10.1. The van der Waals surface area contributed by atoms with Crippen molar-refractivity contribution in [2.24, 2.45) is 17.2 Å². The van der Waals surface area contributed by atoms with Gasteiger partial charge in [-0.3, -0.25) is 33.3 Å². The summed E-state index contributed by atoms with van der Waals surface area (Å²) in [5.74, 6) is -2.74. The number of ether oxygens (including phenoxy) is 2. The molecule has 356 valence electrons. The molecule has 3 heterocycles. The van der Waals surface area contributed by atoms with E-state index in [-0.39, 0.29) is 91.7 Å². The van der Waals surface area contributed by atoms with E-state index >= 15 is 0 Å². The van der Waals surface area contributed by atoms with Crippen LogP contribution in [-0.4, -0.2) is 114 Å². The quantitative estimate of drug-likeness (QED) is 0.0809. The highest BCUT2D eigenvalue weighted by molar-refractivity contribution is 6.00. The summed E-state index contributed by atoms with van der Waals surface area (Å²) in [6.07, 6.45) is 1.53. The van der Waals surface area contributed by atoms with Gasteiger partial charge in [-0.05, 0) is 86.2 Å². The number of nitrogens with two attached hydrogens (primary N) is 3. The molecule has 10 N–H and O–H groups in total. The van der Waals surface area contributed by atoms with Gasteiger partial charge >= 0.3 is 0 Å². The highest BCUT2D eigenvalue weighted by Crippen LogP contribution is 2.40. The van der Waals surface area contributed by atoms with Crippen molar-refractivity contribution in [3.8, 4) is 34.6 Å². The number of amides is 5. The van der Waals surface area contributed by atoms with Gasteiger partial charge in [-0.2, -0.15) is 5.26 Å². The second kappa shape index (κ2) is 22.3. The summed E-state index contributed by atoms with van der Waals surface area (Å²) >= 11 is 0. The smallest absolute Gasteiger partial charge is 0.257 e. The number of pyridine rings is 1. The molecule has 0 aliphatic carbocycles. The maximum atomic E-state index is 14.7. The third-order valence-electron chi connectivity index (χ3n) is 11.1. The first-order valence-electron chi connectivity index (χ1n) is 21.9. The van der Waals surface area contributed by atoms with E-state index in [1.54, 1.807) is 56.4 Å². The number of hydrogen-bond acceptors (Lipinski definition) is 14. The van der Waals surface area contributed by atoms with Crippen LogP contribution >= 0.6 is 0 Å².